The molecule has 0 aliphatic carbocycles. The molecule has 0 saturated carbocycles. The van der Waals surface area contributed by atoms with Crippen LogP contribution in [0.25, 0.3) is 44.5 Å². The maximum atomic E-state index is 7.54. The van der Waals surface area contributed by atoms with Crippen LogP contribution in [0.3, 0.4) is 0 Å². The van der Waals surface area contributed by atoms with Crippen molar-refractivity contribution in [3.63, 3.8) is 0 Å². The second-order valence-electron chi connectivity index (χ2n) is 10.6. The zero-order chi connectivity index (χ0) is 29.4. The molecular weight excluding hydrogens is 673 g/mol. The molecule has 0 aliphatic heterocycles. The fraction of sp³-hybridized carbons (Fsp3) is 0.176. The summed E-state index contributed by atoms with van der Waals surface area (Å²) in [6.07, 6.45) is 3.30. The van der Waals surface area contributed by atoms with Crippen molar-refractivity contribution in [2.45, 2.75) is 40.3 Å². The molecule has 6 rings (SSSR count). The van der Waals surface area contributed by atoms with Gasteiger partial charge < -0.3 is 14.4 Å². The first kappa shape index (κ1) is 24.7. The third-order valence-corrected chi connectivity index (χ3v) is 8.28. The Morgan fingerprint density at radius 1 is 0.795 bits per heavy atom. The molecule has 0 fully saturated rings. The molecule has 0 N–H and O–H groups in total. The molecule has 3 heterocycles. The summed E-state index contributed by atoms with van der Waals surface area (Å²) in [7, 11) is -1.63. The minimum Gasteiger partial charge on any atom is -0.501 e. The number of hydrogen-bond donors (Lipinski definition) is 0. The Hall–Kier alpha value is -3.37. The van der Waals surface area contributed by atoms with E-state index in [9.17, 15) is 0 Å². The van der Waals surface area contributed by atoms with Gasteiger partial charge in [0.15, 0.2) is 0 Å². The number of rotatable bonds is 3. The Balaban J connectivity index is 0.000000228. The second kappa shape index (κ2) is 11.8. The number of furan rings is 1. The molecule has 3 aromatic heterocycles. The maximum Gasteiger partial charge on any atom is 0.120 e. The molecule has 199 valence electrons. The Labute approximate surface area is 249 Å². The van der Waals surface area contributed by atoms with E-state index in [2.05, 4.69) is 72.9 Å². The first-order valence-corrected chi connectivity index (χ1v) is 16.2. The van der Waals surface area contributed by atoms with Crippen LogP contribution in [-0.4, -0.2) is 18.0 Å². The number of pyridine rings is 2. The van der Waals surface area contributed by atoms with Crippen LogP contribution in [0, 0.1) is 32.8 Å². The minimum absolute atomic E-state index is 0. The number of para-hydroxylation sites is 1. The molecule has 0 bridgehead atoms. The van der Waals surface area contributed by atoms with E-state index in [4.69, 9.17) is 8.53 Å². The average molecular weight is 708 g/mol. The van der Waals surface area contributed by atoms with Gasteiger partial charge in [0.25, 0.3) is 0 Å². The molecule has 0 aliphatic rings. The van der Waals surface area contributed by atoms with E-state index < -0.39 is 14.9 Å². The van der Waals surface area contributed by atoms with Crippen LogP contribution in [0.5, 0.6) is 0 Å². The van der Waals surface area contributed by atoms with E-state index in [0.717, 1.165) is 38.8 Å². The Morgan fingerprint density at radius 2 is 1.49 bits per heavy atom. The normalized spacial score (nSPS) is 12.6. The van der Waals surface area contributed by atoms with Gasteiger partial charge in [-0.05, 0) is 42.4 Å². The summed E-state index contributed by atoms with van der Waals surface area (Å²) in [4.78, 5) is 8.77. The summed E-state index contributed by atoms with van der Waals surface area (Å²) in [5.41, 5.74) is 7.70. The van der Waals surface area contributed by atoms with Gasteiger partial charge in [0.1, 0.15) is 5.58 Å². The second-order valence-corrected chi connectivity index (χ2v) is 15.6. The summed E-state index contributed by atoms with van der Waals surface area (Å²) in [6.45, 7) is 8.77. The van der Waals surface area contributed by atoms with Crippen LogP contribution in [-0.2, 0) is 20.1 Å². The molecule has 0 spiro atoms. The first-order chi connectivity index (χ1) is 19.4. The SMILES string of the molecule is Cc1c[c-]c(-c2ccc(C)cn2)cc1.[2H]C([2H])([2H])c1ccc(-c2[c-]c([Si](C)(C)C)cc3c2oc2ccccc23)nc1.[Ir]. The molecule has 39 heavy (non-hydrogen) atoms. The average Bonchev–Trinajstić information content (AvgIpc) is 3.32. The van der Waals surface area contributed by atoms with E-state index >= 15 is 0 Å². The standard InChI is InChI=1S/C21H20NOSi.C13H12N.Ir/c1-14-9-10-19(22-13-14)18-12-15(24(2,3)4)11-17-16-7-5-6-8-20(16)23-21(17)18;1-10-3-6-12(7-4-10)13-8-5-11(2)9-14-13;/h5-11,13H,1-4H3;3-6,8-9H,1-2H3;/q2*-1;/i1D3;;. The summed E-state index contributed by atoms with van der Waals surface area (Å²) in [5, 5.41) is 3.32. The Kier molecular flexibility index (Phi) is 7.45. The van der Waals surface area contributed by atoms with Gasteiger partial charge in [-0.3, -0.25) is 0 Å². The van der Waals surface area contributed by atoms with Gasteiger partial charge in [0, 0.05) is 42.0 Å². The van der Waals surface area contributed by atoms with Gasteiger partial charge in [0.2, 0.25) is 0 Å². The van der Waals surface area contributed by atoms with Crippen molar-refractivity contribution in [1.29, 1.82) is 0 Å². The van der Waals surface area contributed by atoms with Crippen LogP contribution in [0.15, 0.2) is 89.6 Å². The van der Waals surface area contributed by atoms with Gasteiger partial charge in [0.05, 0.1) is 13.7 Å². The van der Waals surface area contributed by atoms with Gasteiger partial charge in [-0.15, -0.1) is 52.7 Å². The third kappa shape index (κ3) is 6.44. The van der Waals surface area contributed by atoms with Gasteiger partial charge in [-0.2, -0.15) is 0 Å². The predicted octanol–water partition coefficient (Wildman–Crippen LogP) is 8.46. The number of aromatic nitrogens is 2. The molecule has 1 radical (unpaired) electrons. The molecule has 3 aromatic carbocycles. The van der Waals surface area contributed by atoms with Crippen molar-refractivity contribution < 1.29 is 28.6 Å². The van der Waals surface area contributed by atoms with Crippen LogP contribution in [0.4, 0.5) is 0 Å². The molecule has 5 heteroatoms. The van der Waals surface area contributed by atoms with E-state index in [1.54, 1.807) is 12.1 Å². The minimum atomic E-state index is -2.16. The van der Waals surface area contributed by atoms with Gasteiger partial charge >= 0.3 is 0 Å². The monoisotopic (exact) mass is 708 g/mol. The summed E-state index contributed by atoms with van der Waals surface area (Å²) >= 11 is 0. The number of fused-ring (bicyclic) bond motifs is 3. The largest absolute Gasteiger partial charge is 0.501 e. The van der Waals surface area contributed by atoms with E-state index in [-0.39, 0.29) is 25.7 Å². The molecule has 0 unspecified atom stereocenters. The van der Waals surface area contributed by atoms with Crippen molar-refractivity contribution in [2.75, 3.05) is 0 Å². The first-order valence-electron chi connectivity index (χ1n) is 14.2. The molecule has 0 saturated heterocycles. The molecule has 3 nitrogen and oxygen atoms in total. The third-order valence-electron chi connectivity index (χ3n) is 6.39. The van der Waals surface area contributed by atoms with Crippen LogP contribution >= 0.6 is 0 Å². The number of benzene rings is 3. The van der Waals surface area contributed by atoms with E-state index in [0.29, 0.717) is 5.69 Å². The van der Waals surface area contributed by atoms with Crippen LogP contribution in [0.1, 0.15) is 20.8 Å². The smallest absolute Gasteiger partial charge is 0.120 e. The van der Waals surface area contributed by atoms with Crippen LogP contribution < -0.4 is 5.19 Å². The number of aryl methyl sites for hydroxylation is 3. The van der Waals surface area contributed by atoms with Crippen molar-refractivity contribution in [3.8, 4) is 22.5 Å². The van der Waals surface area contributed by atoms with Crippen molar-refractivity contribution in [2.24, 2.45) is 0 Å². The maximum absolute atomic E-state index is 7.54. The number of nitrogens with zero attached hydrogens (tertiary/aromatic N) is 2. The fourth-order valence-corrected chi connectivity index (χ4v) is 5.26. The zero-order valence-corrected chi connectivity index (χ0v) is 26.1. The van der Waals surface area contributed by atoms with E-state index in [1.165, 1.54) is 22.5 Å². The Bertz CT molecular complexity index is 1760. The van der Waals surface area contributed by atoms with Crippen molar-refractivity contribution >= 4 is 35.2 Å². The zero-order valence-electron chi connectivity index (χ0n) is 25.7. The summed E-state index contributed by atoms with van der Waals surface area (Å²) in [6, 6.07) is 30.5. The molecule has 0 amide bonds. The van der Waals surface area contributed by atoms with E-state index in [1.807, 2.05) is 49.5 Å². The molecule has 6 aromatic rings. The summed E-state index contributed by atoms with van der Waals surface area (Å²) < 4.78 is 28.8. The van der Waals surface area contributed by atoms with Crippen molar-refractivity contribution in [3.05, 3.63) is 114 Å². The Morgan fingerprint density at radius 3 is 2.13 bits per heavy atom. The quantitative estimate of drug-likeness (QED) is 0.137. The topological polar surface area (TPSA) is 38.9 Å². The van der Waals surface area contributed by atoms with Gasteiger partial charge in [-0.25, -0.2) is 0 Å². The fourth-order valence-electron chi connectivity index (χ4n) is 4.18. The number of hydrogen-bond acceptors (Lipinski definition) is 3. The van der Waals surface area contributed by atoms with Crippen molar-refractivity contribution in [1.82, 2.24) is 9.97 Å². The molecular formula is C34H32IrN2OSi-2. The van der Waals surface area contributed by atoms with Crippen LogP contribution in [0.2, 0.25) is 19.6 Å². The summed E-state index contributed by atoms with van der Waals surface area (Å²) in [5.74, 6) is 0. The van der Waals surface area contributed by atoms with Gasteiger partial charge in [-0.1, -0.05) is 80.0 Å². The predicted molar refractivity (Wildman–Crippen MR) is 161 cm³/mol. The molecule has 0 atom stereocenters.